The number of hydrogen-bond acceptors (Lipinski definition) is 4. The third-order valence-electron chi connectivity index (χ3n) is 4.21. The molecule has 0 radical (unpaired) electrons. The largest absolute Gasteiger partial charge is 0.486 e. The fourth-order valence-corrected chi connectivity index (χ4v) is 3.21. The Morgan fingerprint density at radius 2 is 1.95 bits per heavy atom. The van der Waals surface area contributed by atoms with Crippen LogP contribution >= 0.6 is 11.8 Å². The number of carbonyl (C=O) groups excluding carboxylic acids is 1. The van der Waals surface area contributed by atoms with Crippen LogP contribution in [-0.2, 0) is 14.3 Å². The molecule has 1 fully saturated rings. The van der Waals surface area contributed by atoms with E-state index in [0.717, 1.165) is 23.5 Å². The van der Waals surface area contributed by atoms with Crippen LogP contribution in [0.5, 0.6) is 0 Å². The fraction of sp³-hybridized carbons (Fsp3) is 0.500. The lowest BCUT2D eigenvalue weighted by atomic mass is 9.92. The molecule has 4 heteroatoms. The first-order chi connectivity index (χ1) is 10.5. The van der Waals surface area contributed by atoms with Crippen LogP contribution in [-0.4, -0.2) is 24.4 Å². The summed E-state index contributed by atoms with van der Waals surface area (Å²) in [6.07, 6.45) is 5.66. The maximum absolute atomic E-state index is 12.2. The smallest absolute Gasteiger partial charge is 0.374 e. The summed E-state index contributed by atoms with van der Waals surface area (Å²) in [5, 5.41) is 0. The van der Waals surface area contributed by atoms with Crippen molar-refractivity contribution in [2.45, 2.75) is 43.6 Å². The second-order valence-electron chi connectivity index (χ2n) is 6.41. The van der Waals surface area contributed by atoms with E-state index in [1.807, 2.05) is 32.2 Å². The number of rotatable bonds is 6. The zero-order valence-corrected chi connectivity index (χ0v) is 14.2. The molecule has 0 unspecified atom stereocenters. The summed E-state index contributed by atoms with van der Waals surface area (Å²) < 4.78 is 11.3. The molecule has 118 valence electrons. The lowest BCUT2D eigenvalue weighted by Gasteiger charge is -2.21. The summed E-state index contributed by atoms with van der Waals surface area (Å²) in [6, 6.07) is 8.20. The Kier molecular flexibility index (Phi) is 4.22. The van der Waals surface area contributed by atoms with E-state index in [0.29, 0.717) is 12.4 Å². The van der Waals surface area contributed by atoms with Crippen molar-refractivity contribution < 1.29 is 14.3 Å². The maximum Gasteiger partial charge on any atom is 0.374 e. The third kappa shape index (κ3) is 3.17. The number of cyclic esters (lactones) is 1. The molecule has 0 amide bonds. The molecule has 0 spiro atoms. The summed E-state index contributed by atoms with van der Waals surface area (Å²) in [6.45, 7) is 4.43. The highest BCUT2D eigenvalue weighted by Gasteiger charge is 2.42. The standard InChI is InChI=1S/C18H22O3S/c1-18(2)15(13-6-8-14(22-3)9-7-13)16(17(19)21-18)20-11-10-12-4-5-12/h6-9,12H,4-5,10-11H2,1-3H3. The summed E-state index contributed by atoms with van der Waals surface area (Å²) in [5.74, 6) is 0.836. The number of hydrogen-bond donors (Lipinski definition) is 0. The molecule has 1 heterocycles. The number of esters is 1. The molecule has 1 aromatic rings. The molecular formula is C18H22O3S. The van der Waals surface area contributed by atoms with Gasteiger partial charge in [-0.25, -0.2) is 4.79 Å². The van der Waals surface area contributed by atoms with Crippen LogP contribution in [0.15, 0.2) is 34.9 Å². The van der Waals surface area contributed by atoms with E-state index in [2.05, 4.69) is 12.1 Å². The Morgan fingerprint density at radius 3 is 2.55 bits per heavy atom. The highest BCUT2D eigenvalue weighted by atomic mass is 32.2. The number of thioether (sulfide) groups is 1. The van der Waals surface area contributed by atoms with Gasteiger partial charge in [0, 0.05) is 4.90 Å². The zero-order valence-electron chi connectivity index (χ0n) is 13.3. The Balaban J connectivity index is 1.87. The molecule has 2 aliphatic rings. The fourth-order valence-electron chi connectivity index (χ4n) is 2.81. The minimum atomic E-state index is -0.646. The topological polar surface area (TPSA) is 35.5 Å². The normalized spacial score (nSPS) is 20.2. The van der Waals surface area contributed by atoms with Crippen molar-refractivity contribution in [3.63, 3.8) is 0 Å². The van der Waals surface area contributed by atoms with Gasteiger partial charge in [-0.05, 0) is 50.1 Å². The second kappa shape index (κ2) is 5.99. The molecule has 3 nitrogen and oxygen atoms in total. The monoisotopic (exact) mass is 318 g/mol. The van der Waals surface area contributed by atoms with Crippen molar-refractivity contribution in [3.05, 3.63) is 35.6 Å². The van der Waals surface area contributed by atoms with Gasteiger partial charge in [0.2, 0.25) is 5.76 Å². The van der Waals surface area contributed by atoms with Crippen LogP contribution < -0.4 is 0 Å². The third-order valence-corrected chi connectivity index (χ3v) is 4.95. The summed E-state index contributed by atoms with van der Waals surface area (Å²) in [7, 11) is 0. The predicted octanol–water partition coefficient (Wildman–Crippen LogP) is 4.27. The number of ether oxygens (including phenoxy) is 2. The van der Waals surface area contributed by atoms with Gasteiger partial charge in [-0.1, -0.05) is 25.0 Å². The van der Waals surface area contributed by atoms with E-state index in [1.54, 1.807) is 11.8 Å². The Morgan fingerprint density at radius 1 is 1.27 bits per heavy atom. The van der Waals surface area contributed by atoms with Gasteiger partial charge in [0.05, 0.1) is 12.2 Å². The average Bonchev–Trinajstić information content (AvgIpc) is 3.26. The molecule has 1 aromatic carbocycles. The Hall–Kier alpha value is -1.42. The van der Waals surface area contributed by atoms with Crippen molar-refractivity contribution in [3.8, 4) is 0 Å². The molecular weight excluding hydrogens is 296 g/mol. The van der Waals surface area contributed by atoms with Crippen LogP contribution in [0.1, 0.15) is 38.7 Å². The summed E-state index contributed by atoms with van der Waals surface area (Å²) in [4.78, 5) is 13.4. The molecule has 22 heavy (non-hydrogen) atoms. The van der Waals surface area contributed by atoms with Gasteiger partial charge in [0.15, 0.2) is 0 Å². The van der Waals surface area contributed by atoms with Crippen molar-refractivity contribution >= 4 is 23.3 Å². The first-order valence-electron chi connectivity index (χ1n) is 7.76. The molecule has 1 aliphatic carbocycles. The van der Waals surface area contributed by atoms with Gasteiger partial charge in [-0.15, -0.1) is 11.8 Å². The van der Waals surface area contributed by atoms with Crippen LogP contribution in [0.3, 0.4) is 0 Å². The van der Waals surface area contributed by atoms with Crippen LogP contribution in [0.25, 0.3) is 5.57 Å². The van der Waals surface area contributed by atoms with E-state index in [1.165, 1.54) is 17.7 Å². The number of benzene rings is 1. The molecule has 1 aliphatic heterocycles. The molecule has 0 saturated heterocycles. The van der Waals surface area contributed by atoms with E-state index in [-0.39, 0.29) is 5.97 Å². The van der Waals surface area contributed by atoms with Gasteiger partial charge in [-0.3, -0.25) is 0 Å². The zero-order chi connectivity index (χ0) is 15.7. The summed E-state index contributed by atoms with van der Waals surface area (Å²) in [5.41, 5.74) is 1.21. The first kappa shape index (κ1) is 15.5. The van der Waals surface area contributed by atoms with Gasteiger partial charge in [-0.2, -0.15) is 0 Å². The van der Waals surface area contributed by atoms with Gasteiger partial charge in [0.1, 0.15) is 5.60 Å². The molecule has 0 N–H and O–H groups in total. The van der Waals surface area contributed by atoms with E-state index in [9.17, 15) is 4.79 Å². The molecule has 0 atom stereocenters. The highest BCUT2D eigenvalue weighted by molar-refractivity contribution is 7.98. The molecule has 3 rings (SSSR count). The van der Waals surface area contributed by atoms with Crippen molar-refractivity contribution in [2.24, 2.45) is 5.92 Å². The van der Waals surface area contributed by atoms with Crippen LogP contribution in [0.2, 0.25) is 0 Å². The number of carbonyl (C=O) groups is 1. The summed E-state index contributed by atoms with van der Waals surface area (Å²) >= 11 is 1.70. The predicted molar refractivity (Wildman–Crippen MR) is 88.6 cm³/mol. The highest BCUT2D eigenvalue weighted by Crippen LogP contribution is 2.41. The van der Waals surface area contributed by atoms with Crippen molar-refractivity contribution in [2.75, 3.05) is 12.9 Å². The quantitative estimate of drug-likeness (QED) is 0.579. The van der Waals surface area contributed by atoms with Gasteiger partial charge < -0.3 is 9.47 Å². The maximum atomic E-state index is 12.2. The van der Waals surface area contributed by atoms with Crippen molar-refractivity contribution in [1.29, 1.82) is 0 Å². The van der Waals surface area contributed by atoms with Gasteiger partial charge >= 0.3 is 5.97 Å². The Labute approximate surface area is 136 Å². The Bertz CT molecular complexity index is 597. The minimum Gasteiger partial charge on any atom is -0.486 e. The molecule has 0 aromatic heterocycles. The average molecular weight is 318 g/mol. The molecule has 0 bridgehead atoms. The molecule has 1 saturated carbocycles. The second-order valence-corrected chi connectivity index (χ2v) is 7.29. The van der Waals surface area contributed by atoms with Crippen LogP contribution in [0.4, 0.5) is 0 Å². The first-order valence-corrected chi connectivity index (χ1v) is 8.99. The lowest BCUT2D eigenvalue weighted by molar-refractivity contribution is -0.147. The van der Waals surface area contributed by atoms with Gasteiger partial charge in [0.25, 0.3) is 0 Å². The lowest BCUT2D eigenvalue weighted by Crippen LogP contribution is -2.22. The van der Waals surface area contributed by atoms with Crippen LogP contribution in [0, 0.1) is 5.92 Å². The van der Waals surface area contributed by atoms with Crippen molar-refractivity contribution in [1.82, 2.24) is 0 Å². The van der Waals surface area contributed by atoms with E-state index in [4.69, 9.17) is 9.47 Å². The SMILES string of the molecule is CSc1ccc(C2=C(OCCC3CC3)C(=O)OC2(C)C)cc1. The van der Waals surface area contributed by atoms with E-state index >= 15 is 0 Å². The van der Waals surface area contributed by atoms with E-state index < -0.39 is 5.60 Å². The minimum absolute atomic E-state index is 0.343.